The first-order valence-electron chi connectivity index (χ1n) is 20.8. The molecule has 2 aromatic heterocycles. The van der Waals surface area contributed by atoms with E-state index in [1.54, 1.807) is 19.2 Å². The molecular formula is C41H61ClFN6O8P. The third-order valence-electron chi connectivity index (χ3n) is 11.4. The van der Waals surface area contributed by atoms with E-state index in [0.29, 0.717) is 24.2 Å². The van der Waals surface area contributed by atoms with Crippen molar-refractivity contribution >= 4 is 30.8 Å². The number of fused-ring (bicyclic) bond motifs is 2. The summed E-state index contributed by atoms with van der Waals surface area (Å²) in [4.78, 5) is 16.5. The summed E-state index contributed by atoms with van der Waals surface area (Å²) in [6.07, 6.45) is 16.8. The number of aliphatic hydroxyl groups is 2. The van der Waals surface area contributed by atoms with E-state index < -0.39 is 49.2 Å². The van der Waals surface area contributed by atoms with E-state index in [9.17, 15) is 29.3 Å². The van der Waals surface area contributed by atoms with Crippen molar-refractivity contribution in [3.05, 3.63) is 58.8 Å². The van der Waals surface area contributed by atoms with Crippen molar-refractivity contribution < 1.29 is 42.6 Å². The molecule has 17 heteroatoms. The van der Waals surface area contributed by atoms with E-state index in [4.69, 9.17) is 35.9 Å². The molecule has 1 saturated heterocycles. The van der Waals surface area contributed by atoms with Crippen LogP contribution >= 0.6 is 19.4 Å². The number of likely N-dealkylation sites (N-methyl/N-ethyl adjacent to an activating group) is 1. The van der Waals surface area contributed by atoms with E-state index in [1.165, 1.54) is 113 Å². The highest BCUT2D eigenvalue weighted by atomic mass is 35.5. The minimum Gasteiger partial charge on any atom is -0.385 e. The third kappa shape index (κ3) is 11.5. The molecule has 1 unspecified atom stereocenters. The number of nitriles is 1. The van der Waals surface area contributed by atoms with E-state index in [1.807, 2.05) is 11.0 Å². The Labute approximate surface area is 346 Å². The quantitative estimate of drug-likeness (QED) is 0.0412. The second-order valence-electron chi connectivity index (χ2n) is 15.8. The van der Waals surface area contributed by atoms with Crippen LogP contribution in [0.25, 0.3) is 5.52 Å². The van der Waals surface area contributed by atoms with Gasteiger partial charge in [-0.25, -0.2) is 18.5 Å². The van der Waals surface area contributed by atoms with E-state index in [-0.39, 0.29) is 29.7 Å². The zero-order valence-corrected chi connectivity index (χ0v) is 35.5. The summed E-state index contributed by atoms with van der Waals surface area (Å²) in [7, 11) is -3.09. The number of phosphoric ester groups is 1. The molecular weight excluding hydrogens is 790 g/mol. The first-order valence-corrected chi connectivity index (χ1v) is 22.7. The van der Waals surface area contributed by atoms with Crippen LogP contribution in [-0.2, 0) is 35.2 Å². The van der Waals surface area contributed by atoms with Crippen molar-refractivity contribution in [3.63, 3.8) is 0 Å². The Morgan fingerprint density at radius 2 is 1.66 bits per heavy atom. The highest BCUT2D eigenvalue weighted by Crippen LogP contribution is 2.63. The van der Waals surface area contributed by atoms with Gasteiger partial charge in [0, 0.05) is 13.2 Å². The van der Waals surface area contributed by atoms with Crippen molar-refractivity contribution in [2.24, 2.45) is 0 Å². The predicted octanol–water partition coefficient (Wildman–Crippen LogP) is 7.61. The second-order valence-corrected chi connectivity index (χ2v) is 17.6. The van der Waals surface area contributed by atoms with Gasteiger partial charge in [-0.05, 0) is 43.3 Å². The Morgan fingerprint density at radius 3 is 2.22 bits per heavy atom. The van der Waals surface area contributed by atoms with Gasteiger partial charge in [-0.2, -0.15) is 10.4 Å². The van der Waals surface area contributed by atoms with Crippen molar-refractivity contribution in [2.75, 3.05) is 32.6 Å². The normalized spacial score (nSPS) is 24.2. The van der Waals surface area contributed by atoms with Gasteiger partial charge in [0.2, 0.25) is 5.60 Å². The fraction of sp³-hybridized carbons (Fsp3) is 0.683. The number of aromatic nitrogens is 3. The van der Waals surface area contributed by atoms with Crippen LogP contribution in [0.3, 0.4) is 0 Å². The molecule has 5 N–H and O–H groups in total. The summed E-state index contributed by atoms with van der Waals surface area (Å²) >= 11 is 6.01. The Bertz CT molecular complexity index is 1850. The van der Waals surface area contributed by atoms with Gasteiger partial charge in [0.15, 0.2) is 11.4 Å². The molecule has 58 heavy (non-hydrogen) atoms. The topological polar surface area (TPSA) is 198 Å². The number of halogens is 2. The van der Waals surface area contributed by atoms with Gasteiger partial charge < -0.3 is 30.3 Å². The molecule has 1 aliphatic carbocycles. The van der Waals surface area contributed by atoms with Crippen molar-refractivity contribution in [1.29, 1.82) is 5.26 Å². The lowest BCUT2D eigenvalue weighted by atomic mass is 9.90. The average molecular weight is 851 g/mol. The van der Waals surface area contributed by atoms with E-state index in [0.717, 1.165) is 19.3 Å². The molecule has 0 radical (unpaired) electrons. The standard InChI is InChI=1S/C41H61ClFN6O8P/c1-3-4-5-6-7-8-9-10-11-12-13-14-15-16-17-18-23-54-26-31(48(2)25-30-19-20-33(43)32(42)24-30)27-55-58(52,53)57-37-36-41(37,51)39(50)40(28-44,56-36)35-22-21-34-38(45)46-29-47-49(34)35/h19-22,24,29,31,36-37,39,50-51H,3-18,23,25-27H2,1-2H3,(H,52,53)(H2,45,46,47)/t31-,36-,37+,39+,40+,41+/m1/s1. The second kappa shape index (κ2) is 21.7. The van der Waals surface area contributed by atoms with Gasteiger partial charge in [-0.3, -0.25) is 13.9 Å². The molecule has 3 aromatic rings. The van der Waals surface area contributed by atoms with E-state index >= 15 is 0 Å². The number of hydrogen-bond donors (Lipinski definition) is 4. The van der Waals surface area contributed by atoms with Gasteiger partial charge in [0.05, 0.1) is 30.0 Å². The predicted molar refractivity (Wildman–Crippen MR) is 218 cm³/mol. The molecule has 14 nitrogen and oxygen atoms in total. The van der Waals surface area contributed by atoms with Crippen molar-refractivity contribution in [3.8, 4) is 6.07 Å². The maximum absolute atomic E-state index is 13.8. The Morgan fingerprint density at radius 1 is 1.03 bits per heavy atom. The molecule has 322 valence electrons. The lowest BCUT2D eigenvalue weighted by molar-refractivity contribution is -0.106. The maximum atomic E-state index is 13.8. The fourth-order valence-corrected chi connectivity index (χ4v) is 8.98. The maximum Gasteiger partial charge on any atom is 0.472 e. The van der Waals surface area contributed by atoms with Gasteiger partial charge >= 0.3 is 7.82 Å². The number of benzene rings is 1. The minimum atomic E-state index is -4.86. The molecule has 0 amide bonds. The number of nitrogens with two attached hydrogens (primary N) is 1. The summed E-state index contributed by atoms with van der Waals surface area (Å²) < 4.78 is 51.0. The summed E-state index contributed by atoms with van der Waals surface area (Å²) in [5.41, 5.74) is 2.78. The number of phosphoric acid groups is 1. The molecule has 3 heterocycles. The highest BCUT2D eigenvalue weighted by Gasteiger charge is 2.83. The van der Waals surface area contributed by atoms with Crippen LogP contribution in [0.15, 0.2) is 36.7 Å². The molecule has 0 bridgehead atoms. The number of hydrogen-bond acceptors (Lipinski definition) is 12. The van der Waals surface area contributed by atoms with Crippen LogP contribution in [0.4, 0.5) is 10.2 Å². The minimum absolute atomic E-state index is 0.0213. The molecule has 2 aliphatic rings. The van der Waals surface area contributed by atoms with Gasteiger partial charge in [0.1, 0.15) is 42.0 Å². The van der Waals surface area contributed by atoms with Crippen molar-refractivity contribution in [1.82, 2.24) is 19.5 Å². The SMILES string of the molecule is CCCCCCCCCCCCCCCCCCOC[C@H](COP(=O)(O)O[C@H]1[C@H]2O[C@@](C#N)(c3ccc4c(N)ncnn34)[C@H](O)[C@]21O)N(C)Cc1ccc(F)c(Cl)c1. The van der Waals surface area contributed by atoms with Crippen LogP contribution in [-0.4, -0.2) is 91.4 Å². The summed E-state index contributed by atoms with van der Waals surface area (Å²) in [6, 6.07) is 8.79. The van der Waals surface area contributed by atoms with Crippen LogP contribution in [0.5, 0.6) is 0 Å². The van der Waals surface area contributed by atoms with Crippen LogP contribution in [0.1, 0.15) is 121 Å². The van der Waals surface area contributed by atoms with Gasteiger partial charge in [-0.1, -0.05) is 121 Å². The van der Waals surface area contributed by atoms with Crippen LogP contribution < -0.4 is 5.73 Å². The zero-order chi connectivity index (χ0) is 41.8. The number of nitrogens with zero attached hydrogens (tertiary/aromatic N) is 5. The molecule has 1 aromatic carbocycles. The number of unbranched alkanes of at least 4 members (excludes halogenated alkanes) is 15. The Kier molecular flexibility index (Phi) is 17.3. The number of nitrogen functional groups attached to an aromatic ring is 1. The molecule has 5 rings (SSSR count). The number of anilines is 1. The molecule has 0 spiro atoms. The Hall–Kier alpha value is -2.74. The summed E-state index contributed by atoms with van der Waals surface area (Å²) in [5.74, 6) is -0.414. The van der Waals surface area contributed by atoms with Crippen molar-refractivity contribution in [2.45, 2.75) is 152 Å². The molecule has 2 fully saturated rings. The first kappa shape index (κ1) is 46.3. The summed E-state index contributed by atoms with van der Waals surface area (Å²) in [5, 5.41) is 36.9. The van der Waals surface area contributed by atoms with Crippen LogP contribution in [0.2, 0.25) is 5.02 Å². The van der Waals surface area contributed by atoms with Crippen LogP contribution in [0, 0.1) is 17.1 Å². The first-order chi connectivity index (χ1) is 27.9. The average Bonchev–Trinajstić information content (AvgIpc) is 3.44. The lowest BCUT2D eigenvalue weighted by Crippen LogP contribution is -2.47. The van der Waals surface area contributed by atoms with E-state index in [2.05, 4.69) is 17.0 Å². The largest absolute Gasteiger partial charge is 0.472 e. The molecule has 7 atom stereocenters. The summed E-state index contributed by atoms with van der Waals surface area (Å²) in [6.45, 7) is 2.91. The van der Waals surface area contributed by atoms with Gasteiger partial charge in [-0.15, -0.1) is 0 Å². The smallest absolute Gasteiger partial charge is 0.385 e. The fourth-order valence-electron chi connectivity index (χ4n) is 7.79. The molecule has 1 aliphatic heterocycles. The monoisotopic (exact) mass is 850 g/mol. The highest BCUT2D eigenvalue weighted by molar-refractivity contribution is 7.47. The number of rotatable bonds is 28. The lowest BCUT2D eigenvalue weighted by Gasteiger charge is -2.30. The number of ether oxygens (including phenoxy) is 2. The number of aliphatic hydroxyl groups excluding tert-OH is 1. The third-order valence-corrected chi connectivity index (χ3v) is 12.7. The zero-order valence-electron chi connectivity index (χ0n) is 33.8. The molecule has 1 saturated carbocycles. The Balaban J connectivity index is 1.06. The van der Waals surface area contributed by atoms with Gasteiger partial charge in [0.25, 0.3) is 0 Å².